The molecular formula is C21H22N4O4. The number of aromatic hydroxyl groups is 1. The van der Waals surface area contributed by atoms with Gasteiger partial charge in [-0.25, -0.2) is 4.79 Å². The summed E-state index contributed by atoms with van der Waals surface area (Å²) >= 11 is 0. The predicted molar refractivity (Wildman–Crippen MR) is 110 cm³/mol. The zero-order valence-electron chi connectivity index (χ0n) is 16.0. The van der Waals surface area contributed by atoms with Crippen molar-refractivity contribution in [2.24, 2.45) is 0 Å². The van der Waals surface area contributed by atoms with Gasteiger partial charge in [0.05, 0.1) is 12.7 Å². The number of hydrogen-bond donors (Lipinski definition) is 3. The molecule has 8 heteroatoms. The Morgan fingerprint density at radius 1 is 1.17 bits per heavy atom. The number of para-hydroxylation sites is 1. The number of ether oxygens (including phenoxy) is 1. The standard InChI is InChI=1S/C21H22N4O4/c1-28-21(27)23-15-7-5-14(6-8-15)16-3-2-4-17(20(16)26)18-13-19(24-29-18)25-11-9-22-10-12-25/h2-8,13,22,26H,9-12H2,1H3,(H,23,27). The molecule has 0 bridgehead atoms. The summed E-state index contributed by atoms with van der Waals surface area (Å²) in [6.07, 6.45) is -0.534. The van der Waals surface area contributed by atoms with E-state index in [-0.39, 0.29) is 5.75 Å². The number of piperazine rings is 1. The van der Waals surface area contributed by atoms with Crippen LogP contribution in [-0.2, 0) is 4.74 Å². The van der Waals surface area contributed by atoms with Crippen LogP contribution in [0, 0.1) is 0 Å². The van der Waals surface area contributed by atoms with Crippen LogP contribution >= 0.6 is 0 Å². The van der Waals surface area contributed by atoms with E-state index in [0.717, 1.165) is 37.6 Å². The predicted octanol–water partition coefficient (Wildman–Crippen LogP) is 3.30. The van der Waals surface area contributed by atoms with Crippen LogP contribution in [0.4, 0.5) is 16.3 Å². The van der Waals surface area contributed by atoms with E-state index in [1.165, 1.54) is 7.11 Å². The zero-order valence-corrected chi connectivity index (χ0v) is 16.0. The number of benzene rings is 2. The van der Waals surface area contributed by atoms with Crippen molar-refractivity contribution < 1.29 is 19.2 Å². The molecule has 0 spiro atoms. The minimum absolute atomic E-state index is 0.115. The third-order valence-corrected chi connectivity index (χ3v) is 4.87. The van der Waals surface area contributed by atoms with Gasteiger partial charge in [-0.2, -0.15) is 0 Å². The fourth-order valence-electron chi connectivity index (χ4n) is 3.31. The van der Waals surface area contributed by atoms with Gasteiger partial charge in [-0.1, -0.05) is 29.4 Å². The fraction of sp³-hybridized carbons (Fsp3) is 0.238. The lowest BCUT2D eigenvalue weighted by atomic mass is 10.00. The van der Waals surface area contributed by atoms with E-state index in [1.54, 1.807) is 18.2 Å². The smallest absolute Gasteiger partial charge is 0.411 e. The molecule has 1 fully saturated rings. The first-order valence-corrected chi connectivity index (χ1v) is 9.36. The van der Waals surface area contributed by atoms with Crippen molar-refractivity contribution in [1.29, 1.82) is 0 Å². The highest BCUT2D eigenvalue weighted by molar-refractivity contribution is 5.86. The highest BCUT2D eigenvalue weighted by atomic mass is 16.5. The number of hydrogen-bond acceptors (Lipinski definition) is 7. The molecule has 4 rings (SSSR count). The summed E-state index contributed by atoms with van der Waals surface area (Å²) in [5.74, 6) is 1.40. The Balaban J connectivity index is 1.59. The van der Waals surface area contributed by atoms with Crippen molar-refractivity contribution in [2.45, 2.75) is 0 Å². The molecule has 0 aliphatic carbocycles. The topological polar surface area (TPSA) is 99.9 Å². The number of amides is 1. The van der Waals surface area contributed by atoms with Crippen LogP contribution in [0.15, 0.2) is 53.1 Å². The molecular weight excluding hydrogens is 372 g/mol. The number of phenols is 1. The average molecular weight is 394 g/mol. The average Bonchev–Trinajstić information content (AvgIpc) is 3.25. The molecule has 0 radical (unpaired) electrons. The Morgan fingerprint density at radius 3 is 2.62 bits per heavy atom. The number of aromatic nitrogens is 1. The van der Waals surface area contributed by atoms with Gasteiger partial charge in [0.2, 0.25) is 0 Å². The number of rotatable bonds is 4. The number of carbonyl (C=O) groups excluding carboxylic acids is 1. The second-order valence-corrected chi connectivity index (χ2v) is 6.68. The molecule has 1 aliphatic heterocycles. The third kappa shape index (κ3) is 4.02. The molecule has 0 unspecified atom stereocenters. The van der Waals surface area contributed by atoms with Crippen LogP contribution in [-0.4, -0.2) is 49.6 Å². The largest absolute Gasteiger partial charge is 0.507 e. The number of carbonyl (C=O) groups is 1. The van der Waals surface area contributed by atoms with Crippen LogP contribution in [0.2, 0.25) is 0 Å². The Labute approximate surface area is 168 Å². The summed E-state index contributed by atoms with van der Waals surface area (Å²) in [5.41, 5.74) is 2.65. The molecule has 8 nitrogen and oxygen atoms in total. The number of nitrogens with zero attached hydrogens (tertiary/aromatic N) is 2. The van der Waals surface area contributed by atoms with Crippen LogP contribution < -0.4 is 15.5 Å². The Hall–Kier alpha value is -3.52. The van der Waals surface area contributed by atoms with Gasteiger partial charge in [0.15, 0.2) is 11.6 Å². The molecule has 0 saturated carbocycles. The minimum Gasteiger partial charge on any atom is -0.507 e. The first-order chi connectivity index (χ1) is 14.2. The molecule has 1 aromatic heterocycles. The second-order valence-electron chi connectivity index (χ2n) is 6.68. The lowest BCUT2D eigenvalue weighted by Gasteiger charge is -2.26. The summed E-state index contributed by atoms with van der Waals surface area (Å²) in [5, 5.41) is 20.9. The fourth-order valence-corrected chi connectivity index (χ4v) is 3.31. The monoisotopic (exact) mass is 394 g/mol. The van der Waals surface area contributed by atoms with Gasteiger partial charge in [-0.3, -0.25) is 5.32 Å². The summed E-state index contributed by atoms with van der Waals surface area (Å²) in [6.45, 7) is 3.54. The molecule has 29 heavy (non-hydrogen) atoms. The van der Waals surface area contributed by atoms with Gasteiger partial charge >= 0.3 is 6.09 Å². The Morgan fingerprint density at radius 2 is 1.90 bits per heavy atom. The molecule has 0 atom stereocenters. The van der Waals surface area contributed by atoms with E-state index >= 15 is 0 Å². The van der Waals surface area contributed by atoms with E-state index in [1.807, 2.05) is 30.3 Å². The SMILES string of the molecule is COC(=O)Nc1ccc(-c2cccc(-c3cc(N4CCNCC4)no3)c2O)cc1. The molecule has 3 N–H and O–H groups in total. The number of anilines is 2. The van der Waals surface area contributed by atoms with Gasteiger partial charge < -0.3 is 24.6 Å². The van der Waals surface area contributed by atoms with Crippen molar-refractivity contribution in [3.63, 3.8) is 0 Å². The minimum atomic E-state index is -0.534. The maximum absolute atomic E-state index is 11.3. The quantitative estimate of drug-likeness (QED) is 0.624. The maximum Gasteiger partial charge on any atom is 0.411 e. The van der Waals surface area contributed by atoms with Gasteiger partial charge in [0.1, 0.15) is 5.75 Å². The van der Waals surface area contributed by atoms with Crippen molar-refractivity contribution in [1.82, 2.24) is 10.5 Å². The van der Waals surface area contributed by atoms with Crippen LogP contribution in [0.25, 0.3) is 22.5 Å². The van der Waals surface area contributed by atoms with E-state index in [9.17, 15) is 9.90 Å². The lowest BCUT2D eigenvalue weighted by molar-refractivity contribution is 0.187. The van der Waals surface area contributed by atoms with Crippen LogP contribution in [0.1, 0.15) is 0 Å². The molecule has 1 aliphatic rings. The molecule has 1 amide bonds. The van der Waals surface area contributed by atoms with Crippen molar-refractivity contribution in [3.8, 4) is 28.2 Å². The maximum atomic E-state index is 11.3. The number of methoxy groups -OCH3 is 1. The van der Waals surface area contributed by atoms with Gasteiger partial charge in [0.25, 0.3) is 0 Å². The highest BCUT2D eigenvalue weighted by Crippen LogP contribution is 2.39. The van der Waals surface area contributed by atoms with Crippen molar-refractivity contribution in [3.05, 3.63) is 48.5 Å². The van der Waals surface area contributed by atoms with E-state index < -0.39 is 6.09 Å². The summed E-state index contributed by atoms with van der Waals surface area (Å²) in [4.78, 5) is 13.5. The molecule has 1 saturated heterocycles. The first kappa shape index (κ1) is 18.8. The van der Waals surface area contributed by atoms with E-state index in [2.05, 4.69) is 25.4 Å². The van der Waals surface area contributed by atoms with E-state index in [0.29, 0.717) is 22.6 Å². The van der Waals surface area contributed by atoms with Crippen LogP contribution in [0.3, 0.4) is 0 Å². The number of nitrogens with one attached hydrogen (secondary N) is 2. The zero-order chi connectivity index (χ0) is 20.2. The lowest BCUT2D eigenvalue weighted by Crippen LogP contribution is -2.43. The number of phenolic OH excluding ortho intramolecular Hbond substituents is 1. The molecule has 3 aromatic rings. The second kappa shape index (κ2) is 8.24. The Bertz CT molecular complexity index is 994. The first-order valence-electron chi connectivity index (χ1n) is 9.36. The van der Waals surface area contributed by atoms with Crippen molar-refractivity contribution in [2.75, 3.05) is 43.5 Å². The summed E-state index contributed by atoms with van der Waals surface area (Å²) < 4.78 is 10.1. The summed E-state index contributed by atoms with van der Waals surface area (Å²) in [7, 11) is 1.31. The third-order valence-electron chi connectivity index (χ3n) is 4.87. The summed E-state index contributed by atoms with van der Waals surface area (Å²) in [6, 6.07) is 14.5. The highest BCUT2D eigenvalue weighted by Gasteiger charge is 2.19. The van der Waals surface area contributed by atoms with Crippen LogP contribution in [0.5, 0.6) is 5.75 Å². The van der Waals surface area contributed by atoms with Gasteiger partial charge in [0, 0.05) is 43.5 Å². The molecule has 150 valence electrons. The van der Waals surface area contributed by atoms with E-state index in [4.69, 9.17) is 4.52 Å². The molecule has 2 aromatic carbocycles. The van der Waals surface area contributed by atoms with Crippen molar-refractivity contribution >= 4 is 17.6 Å². The Kier molecular flexibility index (Phi) is 5.35. The molecule has 2 heterocycles. The normalized spacial score (nSPS) is 13.9. The van der Waals surface area contributed by atoms with Gasteiger partial charge in [-0.15, -0.1) is 0 Å². The van der Waals surface area contributed by atoms with Gasteiger partial charge in [-0.05, 0) is 23.8 Å².